The molecule has 0 aliphatic heterocycles. The molecule has 0 saturated heterocycles. The lowest BCUT2D eigenvalue weighted by molar-refractivity contribution is 1.03. The smallest absolute Gasteiger partial charge is 0.162 e. The maximum atomic E-state index is 6.42. The third kappa shape index (κ3) is 3.11. The van der Waals surface area contributed by atoms with Crippen LogP contribution in [0.25, 0.3) is 22.6 Å². The number of nitrogens with two attached hydrogens (primary N) is 2. The summed E-state index contributed by atoms with van der Waals surface area (Å²) in [7, 11) is 0. The highest BCUT2D eigenvalue weighted by Crippen LogP contribution is 2.33. The molecule has 2 aromatic carbocycles. The van der Waals surface area contributed by atoms with Crippen LogP contribution in [0.4, 0.5) is 5.82 Å². The summed E-state index contributed by atoms with van der Waals surface area (Å²) in [5, 5.41) is 0.623. The van der Waals surface area contributed by atoms with Crippen molar-refractivity contribution < 1.29 is 0 Å². The van der Waals surface area contributed by atoms with E-state index in [0.29, 0.717) is 27.9 Å². The molecule has 122 valence electrons. The van der Waals surface area contributed by atoms with Crippen LogP contribution in [0.5, 0.6) is 0 Å². The molecule has 0 saturated carbocycles. The molecular formula is C19H19ClN4. The van der Waals surface area contributed by atoms with Crippen molar-refractivity contribution in [2.24, 2.45) is 5.73 Å². The van der Waals surface area contributed by atoms with Crippen molar-refractivity contribution in [3.05, 3.63) is 64.2 Å². The van der Waals surface area contributed by atoms with Crippen molar-refractivity contribution in [1.29, 1.82) is 0 Å². The van der Waals surface area contributed by atoms with Gasteiger partial charge in [0.2, 0.25) is 0 Å². The molecule has 5 heteroatoms. The Bertz CT molecular complexity index is 889. The van der Waals surface area contributed by atoms with E-state index in [1.165, 1.54) is 5.56 Å². The van der Waals surface area contributed by atoms with Crippen LogP contribution in [-0.2, 0) is 6.54 Å². The summed E-state index contributed by atoms with van der Waals surface area (Å²) in [6, 6.07) is 13.8. The van der Waals surface area contributed by atoms with Gasteiger partial charge < -0.3 is 11.5 Å². The van der Waals surface area contributed by atoms with Gasteiger partial charge in [-0.3, -0.25) is 0 Å². The Labute approximate surface area is 146 Å². The Morgan fingerprint density at radius 2 is 1.62 bits per heavy atom. The minimum atomic E-state index is 0.250. The molecule has 3 rings (SSSR count). The highest BCUT2D eigenvalue weighted by atomic mass is 35.5. The first-order chi connectivity index (χ1) is 11.5. The highest BCUT2D eigenvalue weighted by molar-refractivity contribution is 6.33. The fourth-order valence-electron chi connectivity index (χ4n) is 2.57. The molecule has 3 aromatic rings. The molecular weight excluding hydrogens is 320 g/mol. The van der Waals surface area contributed by atoms with E-state index in [1.54, 1.807) is 0 Å². The first-order valence-electron chi connectivity index (χ1n) is 7.69. The number of aryl methyl sites for hydroxylation is 2. The Morgan fingerprint density at radius 1 is 0.958 bits per heavy atom. The fraction of sp³-hybridized carbons (Fsp3) is 0.158. The van der Waals surface area contributed by atoms with E-state index in [0.717, 1.165) is 16.7 Å². The number of halogens is 1. The van der Waals surface area contributed by atoms with Crippen molar-refractivity contribution >= 4 is 17.4 Å². The van der Waals surface area contributed by atoms with Crippen LogP contribution >= 0.6 is 11.6 Å². The third-order valence-corrected chi connectivity index (χ3v) is 4.25. The van der Waals surface area contributed by atoms with Gasteiger partial charge in [-0.2, -0.15) is 0 Å². The number of hydrogen-bond acceptors (Lipinski definition) is 4. The van der Waals surface area contributed by atoms with Gasteiger partial charge >= 0.3 is 0 Å². The van der Waals surface area contributed by atoms with Gasteiger partial charge in [-0.15, -0.1) is 0 Å². The number of benzene rings is 2. The van der Waals surface area contributed by atoms with E-state index in [4.69, 9.17) is 28.1 Å². The Balaban J connectivity index is 2.22. The zero-order valence-electron chi connectivity index (χ0n) is 13.7. The van der Waals surface area contributed by atoms with Crippen LogP contribution in [0.1, 0.15) is 16.7 Å². The average Bonchev–Trinajstić information content (AvgIpc) is 2.55. The lowest BCUT2D eigenvalue weighted by Crippen LogP contribution is -2.09. The van der Waals surface area contributed by atoms with Crippen LogP contribution in [0, 0.1) is 13.8 Å². The molecule has 0 aliphatic carbocycles. The minimum absolute atomic E-state index is 0.250. The van der Waals surface area contributed by atoms with E-state index in [2.05, 4.69) is 4.98 Å². The molecule has 0 bridgehead atoms. The van der Waals surface area contributed by atoms with Gasteiger partial charge in [-0.25, -0.2) is 9.97 Å². The normalized spacial score (nSPS) is 10.8. The monoisotopic (exact) mass is 338 g/mol. The molecule has 0 fully saturated rings. The van der Waals surface area contributed by atoms with Gasteiger partial charge in [0.05, 0.1) is 10.7 Å². The van der Waals surface area contributed by atoms with Crippen LogP contribution in [-0.4, -0.2) is 9.97 Å². The van der Waals surface area contributed by atoms with Gasteiger partial charge in [0.1, 0.15) is 5.82 Å². The second-order valence-corrected chi connectivity index (χ2v) is 6.22. The molecule has 0 aliphatic rings. The largest absolute Gasteiger partial charge is 0.383 e. The first kappa shape index (κ1) is 16.4. The average molecular weight is 339 g/mol. The lowest BCUT2D eigenvalue weighted by atomic mass is 10.0. The SMILES string of the molecule is Cc1ccc(-c2nc(N)c(CN)c(-c3ccc(C)cc3Cl)n2)cc1. The maximum absolute atomic E-state index is 6.42. The predicted octanol–water partition coefficient (Wildman–Crippen LogP) is 4.12. The van der Waals surface area contributed by atoms with E-state index in [9.17, 15) is 0 Å². The lowest BCUT2D eigenvalue weighted by Gasteiger charge is -2.13. The summed E-state index contributed by atoms with van der Waals surface area (Å²) in [6.07, 6.45) is 0. The third-order valence-electron chi connectivity index (χ3n) is 3.93. The van der Waals surface area contributed by atoms with Gasteiger partial charge in [0.15, 0.2) is 5.82 Å². The number of aromatic nitrogens is 2. The summed E-state index contributed by atoms with van der Waals surface area (Å²) in [5.41, 5.74) is 17.4. The quantitative estimate of drug-likeness (QED) is 0.753. The van der Waals surface area contributed by atoms with Crippen LogP contribution in [0.15, 0.2) is 42.5 Å². The Morgan fingerprint density at radius 3 is 2.25 bits per heavy atom. The number of rotatable bonds is 3. The molecule has 0 atom stereocenters. The summed E-state index contributed by atoms with van der Waals surface area (Å²) >= 11 is 6.42. The van der Waals surface area contributed by atoms with Crippen LogP contribution in [0.3, 0.4) is 0 Å². The maximum Gasteiger partial charge on any atom is 0.162 e. The zero-order valence-corrected chi connectivity index (χ0v) is 14.4. The fourth-order valence-corrected chi connectivity index (χ4v) is 2.89. The summed E-state index contributed by atoms with van der Waals surface area (Å²) in [6.45, 7) is 4.28. The molecule has 0 spiro atoms. The van der Waals surface area contributed by atoms with Crippen molar-refractivity contribution in [1.82, 2.24) is 9.97 Å². The number of anilines is 1. The van der Waals surface area contributed by atoms with Gasteiger partial charge in [-0.05, 0) is 25.5 Å². The van der Waals surface area contributed by atoms with Crippen LogP contribution < -0.4 is 11.5 Å². The molecule has 1 aromatic heterocycles. The number of hydrogen-bond donors (Lipinski definition) is 2. The van der Waals surface area contributed by atoms with Crippen molar-refractivity contribution in [3.63, 3.8) is 0 Å². The van der Waals surface area contributed by atoms with E-state index < -0.39 is 0 Å². The van der Waals surface area contributed by atoms with Crippen molar-refractivity contribution in [3.8, 4) is 22.6 Å². The molecule has 0 amide bonds. The van der Waals surface area contributed by atoms with Gasteiger partial charge in [0, 0.05) is 23.2 Å². The Hall–Kier alpha value is -2.43. The van der Waals surface area contributed by atoms with Gasteiger partial charge in [0.25, 0.3) is 0 Å². The standard InChI is InChI=1S/C19H19ClN4/c1-11-3-6-13(7-4-11)19-23-17(15(10-21)18(22)24-19)14-8-5-12(2)9-16(14)20/h3-9H,10,21H2,1-2H3,(H2,22,23,24). The zero-order chi connectivity index (χ0) is 17.3. The molecule has 4 N–H and O–H groups in total. The summed E-state index contributed by atoms with van der Waals surface area (Å²) in [5.74, 6) is 0.950. The minimum Gasteiger partial charge on any atom is -0.383 e. The van der Waals surface area contributed by atoms with Crippen molar-refractivity contribution in [2.75, 3.05) is 5.73 Å². The summed E-state index contributed by atoms with van der Waals surface area (Å²) < 4.78 is 0. The van der Waals surface area contributed by atoms with Gasteiger partial charge in [-0.1, -0.05) is 53.6 Å². The second-order valence-electron chi connectivity index (χ2n) is 5.81. The molecule has 0 unspecified atom stereocenters. The molecule has 24 heavy (non-hydrogen) atoms. The summed E-state index contributed by atoms with van der Waals surface area (Å²) in [4.78, 5) is 9.13. The second kappa shape index (κ2) is 6.59. The van der Waals surface area contributed by atoms with E-state index >= 15 is 0 Å². The highest BCUT2D eigenvalue weighted by Gasteiger charge is 2.16. The Kier molecular flexibility index (Phi) is 4.51. The molecule has 1 heterocycles. The topological polar surface area (TPSA) is 77.8 Å². The van der Waals surface area contributed by atoms with E-state index in [-0.39, 0.29) is 6.54 Å². The van der Waals surface area contributed by atoms with Crippen molar-refractivity contribution in [2.45, 2.75) is 20.4 Å². The number of nitrogens with zero attached hydrogens (tertiary/aromatic N) is 2. The first-order valence-corrected chi connectivity index (χ1v) is 8.07. The van der Waals surface area contributed by atoms with E-state index in [1.807, 2.05) is 56.3 Å². The van der Waals surface area contributed by atoms with Crippen LogP contribution in [0.2, 0.25) is 5.02 Å². The number of nitrogen functional groups attached to an aromatic ring is 1. The molecule has 0 radical (unpaired) electrons. The molecule has 4 nitrogen and oxygen atoms in total. The predicted molar refractivity (Wildman–Crippen MR) is 99.7 cm³/mol.